The van der Waals surface area contributed by atoms with Gasteiger partial charge in [0.15, 0.2) is 9.84 Å². The summed E-state index contributed by atoms with van der Waals surface area (Å²) >= 11 is 0. The lowest BCUT2D eigenvalue weighted by atomic mass is 10.3. The van der Waals surface area contributed by atoms with Crippen molar-refractivity contribution in [3.05, 3.63) is 36.9 Å². The second-order valence-corrected chi connectivity index (χ2v) is 5.95. The molecular formula is C11H12N4O3S. The first kappa shape index (κ1) is 13.2. The smallest absolute Gasteiger partial charge is 0.246 e. The van der Waals surface area contributed by atoms with Crippen LogP contribution in [0.5, 0.6) is 0 Å². The van der Waals surface area contributed by atoms with Crippen LogP contribution in [0.4, 0.5) is 5.69 Å². The number of amides is 1. The summed E-state index contributed by atoms with van der Waals surface area (Å²) in [4.78, 5) is 15.6. The van der Waals surface area contributed by atoms with E-state index < -0.39 is 9.84 Å². The zero-order chi connectivity index (χ0) is 13.9. The molecule has 0 saturated heterocycles. The number of sulfone groups is 1. The van der Waals surface area contributed by atoms with Crippen molar-refractivity contribution in [2.45, 2.75) is 11.4 Å². The van der Waals surface area contributed by atoms with Crippen LogP contribution in [0.15, 0.2) is 41.8 Å². The number of nitrogens with zero attached hydrogens (tertiary/aromatic N) is 3. The van der Waals surface area contributed by atoms with Gasteiger partial charge in [-0.3, -0.25) is 4.79 Å². The van der Waals surface area contributed by atoms with Crippen LogP contribution >= 0.6 is 0 Å². The van der Waals surface area contributed by atoms with Gasteiger partial charge in [-0.15, -0.1) is 0 Å². The molecule has 0 aliphatic heterocycles. The topological polar surface area (TPSA) is 94.0 Å². The summed E-state index contributed by atoms with van der Waals surface area (Å²) in [5, 5.41) is 6.45. The molecule has 0 saturated carbocycles. The molecule has 7 nitrogen and oxygen atoms in total. The highest BCUT2D eigenvalue weighted by Crippen LogP contribution is 2.13. The largest absolute Gasteiger partial charge is 0.324 e. The number of nitrogens with one attached hydrogen (secondary N) is 1. The maximum Gasteiger partial charge on any atom is 0.246 e. The average Bonchev–Trinajstić information content (AvgIpc) is 2.81. The molecule has 1 amide bonds. The molecule has 0 bridgehead atoms. The molecular weight excluding hydrogens is 268 g/mol. The van der Waals surface area contributed by atoms with Crippen LogP contribution in [0.2, 0.25) is 0 Å². The molecule has 100 valence electrons. The first-order valence-electron chi connectivity index (χ1n) is 5.37. The fraction of sp³-hybridized carbons (Fsp3) is 0.182. The zero-order valence-electron chi connectivity index (χ0n) is 10.1. The maximum absolute atomic E-state index is 11.6. The third-order valence-electron chi connectivity index (χ3n) is 2.34. The van der Waals surface area contributed by atoms with E-state index in [0.717, 1.165) is 6.26 Å². The van der Waals surface area contributed by atoms with Crippen LogP contribution in [-0.4, -0.2) is 35.3 Å². The predicted octanol–water partition coefficient (Wildman–Crippen LogP) is 0.320. The van der Waals surface area contributed by atoms with Gasteiger partial charge in [0.2, 0.25) is 5.91 Å². The summed E-state index contributed by atoms with van der Waals surface area (Å²) in [5.74, 6) is -0.266. The third-order valence-corrected chi connectivity index (χ3v) is 3.47. The number of carbonyl (C=O) groups excluding carboxylic acids is 1. The summed E-state index contributed by atoms with van der Waals surface area (Å²) < 4.78 is 23.9. The lowest BCUT2D eigenvalue weighted by Crippen LogP contribution is -2.19. The van der Waals surface area contributed by atoms with E-state index in [1.54, 1.807) is 0 Å². The minimum atomic E-state index is -3.22. The van der Waals surface area contributed by atoms with Gasteiger partial charge in [-0.2, -0.15) is 5.10 Å². The van der Waals surface area contributed by atoms with Gasteiger partial charge < -0.3 is 5.32 Å². The van der Waals surface area contributed by atoms with Crippen molar-refractivity contribution in [2.24, 2.45) is 0 Å². The second kappa shape index (κ2) is 5.19. The van der Waals surface area contributed by atoms with Gasteiger partial charge in [-0.1, -0.05) is 0 Å². The highest BCUT2D eigenvalue weighted by atomic mass is 32.2. The Hall–Kier alpha value is -2.22. The van der Waals surface area contributed by atoms with Crippen molar-refractivity contribution in [1.29, 1.82) is 0 Å². The van der Waals surface area contributed by atoms with Crippen molar-refractivity contribution in [2.75, 3.05) is 11.6 Å². The molecule has 0 fully saturated rings. The van der Waals surface area contributed by atoms with E-state index in [-0.39, 0.29) is 17.3 Å². The number of carbonyl (C=O) groups is 1. The van der Waals surface area contributed by atoms with Gasteiger partial charge in [0.25, 0.3) is 0 Å². The Labute approximate surface area is 110 Å². The Morgan fingerprint density at radius 2 is 2.00 bits per heavy atom. The molecule has 19 heavy (non-hydrogen) atoms. The molecule has 0 unspecified atom stereocenters. The van der Waals surface area contributed by atoms with E-state index in [9.17, 15) is 13.2 Å². The SMILES string of the molecule is CS(=O)(=O)c1ccc(NC(=O)Cn2cncn2)cc1. The fourth-order valence-corrected chi connectivity index (χ4v) is 2.08. The number of anilines is 1. The minimum Gasteiger partial charge on any atom is -0.324 e. The number of hydrogen-bond acceptors (Lipinski definition) is 5. The van der Waals surface area contributed by atoms with E-state index >= 15 is 0 Å². The standard InChI is InChI=1S/C11H12N4O3S/c1-19(17,18)10-4-2-9(3-5-10)14-11(16)6-15-8-12-7-13-15/h2-5,7-8H,6H2,1H3,(H,14,16). The molecule has 1 N–H and O–H groups in total. The van der Waals surface area contributed by atoms with Crippen LogP contribution in [0.3, 0.4) is 0 Å². The number of aromatic nitrogens is 3. The first-order valence-corrected chi connectivity index (χ1v) is 7.27. The predicted molar refractivity (Wildman–Crippen MR) is 68.2 cm³/mol. The van der Waals surface area contributed by atoms with Gasteiger partial charge in [0.1, 0.15) is 19.2 Å². The Kier molecular flexibility index (Phi) is 3.61. The highest BCUT2D eigenvalue weighted by molar-refractivity contribution is 7.90. The molecule has 0 aliphatic carbocycles. The number of hydrogen-bond donors (Lipinski definition) is 1. The molecule has 0 spiro atoms. The normalized spacial score (nSPS) is 11.2. The molecule has 1 heterocycles. The van der Waals surface area contributed by atoms with Crippen LogP contribution in [0, 0.1) is 0 Å². The highest BCUT2D eigenvalue weighted by Gasteiger charge is 2.08. The molecule has 2 aromatic rings. The van der Waals surface area contributed by atoms with E-state index in [2.05, 4.69) is 15.4 Å². The van der Waals surface area contributed by atoms with Crippen LogP contribution < -0.4 is 5.32 Å². The molecule has 0 atom stereocenters. The van der Waals surface area contributed by atoms with Crippen molar-refractivity contribution in [3.63, 3.8) is 0 Å². The van der Waals surface area contributed by atoms with Crippen molar-refractivity contribution < 1.29 is 13.2 Å². The second-order valence-electron chi connectivity index (χ2n) is 3.94. The Balaban J connectivity index is 2.02. The van der Waals surface area contributed by atoms with Gasteiger partial charge in [-0.05, 0) is 24.3 Å². The average molecular weight is 280 g/mol. The first-order chi connectivity index (χ1) is 8.95. The monoisotopic (exact) mass is 280 g/mol. The molecule has 0 aliphatic rings. The molecule has 2 rings (SSSR count). The molecule has 8 heteroatoms. The fourth-order valence-electron chi connectivity index (χ4n) is 1.45. The summed E-state index contributed by atoms with van der Waals surface area (Å²) in [5.41, 5.74) is 0.525. The van der Waals surface area contributed by atoms with E-state index in [0.29, 0.717) is 5.69 Å². The lowest BCUT2D eigenvalue weighted by Gasteiger charge is -2.05. The molecule has 0 radical (unpaired) electrons. The van der Waals surface area contributed by atoms with Crippen LogP contribution in [-0.2, 0) is 21.2 Å². The number of benzene rings is 1. The van der Waals surface area contributed by atoms with Gasteiger partial charge in [-0.25, -0.2) is 18.1 Å². The zero-order valence-corrected chi connectivity index (χ0v) is 11.0. The minimum absolute atomic E-state index is 0.0494. The van der Waals surface area contributed by atoms with Crippen LogP contribution in [0.1, 0.15) is 0 Å². The Bertz CT molecular complexity index is 662. The van der Waals surface area contributed by atoms with Gasteiger partial charge in [0, 0.05) is 11.9 Å². The van der Waals surface area contributed by atoms with E-state index in [1.807, 2.05) is 0 Å². The molecule has 1 aromatic heterocycles. The van der Waals surface area contributed by atoms with Gasteiger partial charge in [0.05, 0.1) is 4.90 Å². The van der Waals surface area contributed by atoms with E-state index in [1.165, 1.54) is 41.6 Å². The number of rotatable bonds is 4. The van der Waals surface area contributed by atoms with Crippen molar-refractivity contribution in [1.82, 2.24) is 14.8 Å². The van der Waals surface area contributed by atoms with Crippen LogP contribution in [0.25, 0.3) is 0 Å². The summed E-state index contributed by atoms with van der Waals surface area (Å²) in [6, 6.07) is 5.96. The summed E-state index contributed by atoms with van der Waals surface area (Å²) in [6.07, 6.45) is 3.91. The van der Waals surface area contributed by atoms with Gasteiger partial charge >= 0.3 is 0 Å². The summed E-state index contributed by atoms with van der Waals surface area (Å²) in [6.45, 7) is 0.0494. The lowest BCUT2D eigenvalue weighted by molar-refractivity contribution is -0.116. The van der Waals surface area contributed by atoms with Crippen molar-refractivity contribution in [3.8, 4) is 0 Å². The van der Waals surface area contributed by atoms with E-state index in [4.69, 9.17) is 0 Å². The molecule has 1 aromatic carbocycles. The van der Waals surface area contributed by atoms with Crippen molar-refractivity contribution >= 4 is 21.4 Å². The Morgan fingerprint density at radius 3 is 2.53 bits per heavy atom. The third kappa shape index (κ3) is 3.62. The quantitative estimate of drug-likeness (QED) is 0.870. The maximum atomic E-state index is 11.6. The summed E-state index contributed by atoms with van der Waals surface area (Å²) in [7, 11) is -3.22. The Morgan fingerprint density at radius 1 is 1.32 bits per heavy atom.